The van der Waals surface area contributed by atoms with Crippen LogP contribution in [-0.4, -0.2) is 35.9 Å². The summed E-state index contributed by atoms with van der Waals surface area (Å²) in [4.78, 5) is 4.03. The summed E-state index contributed by atoms with van der Waals surface area (Å²) in [6.45, 7) is 4.39. The van der Waals surface area contributed by atoms with Crippen LogP contribution in [-0.2, 0) is 4.74 Å². The lowest BCUT2D eigenvalue weighted by atomic mass is 10.0. The molecule has 0 aromatic carbocycles. The van der Waals surface area contributed by atoms with Crippen LogP contribution in [0.2, 0.25) is 0 Å². The first kappa shape index (κ1) is 8.65. The van der Waals surface area contributed by atoms with E-state index in [2.05, 4.69) is 22.4 Å². The molecule has 0 saturated carbocycles. The molecule has 5 heteroatoms. The predicted molar refractivity (Wildman–Crippen MR) is 45.3 cm³/mol. The van der Waals surface area contributed by atoms with Crippen molar-refractivity contribution in [2.24, 2.45) is 0 Å². The van der Waals surface area contributed by atoms with Crippen molar-refractivity contribution in [2.45, 2.75) is 18.9 Å². The summed E-state index contributed by atoms with van der Waals surface area (Å²) >= 11 is 0. The van der Waals surface area contributed by atoms with E-state index in [0.29, 0.717) is 18.5 Å². The van der Waals surface area contributed by atoms with Crippen molar-refractivity contribution in [3.63, 3.8) is 0 Å². The molecular formula is C8H13N3O2. The predicted octanol–water partition coefficient (Wildman–Crippen LogP) is 0.161. The van der Waals surface area contributed by atoms with Crippen molar-refractivity contribution in [3.8, 4) is 0 Å². The SMILES string of the molecule is CCNC1COCC1c1ncno1. The minimum Gasteiger partial charge on any atom is -0.379 e. The van der Waals surface area contributed by atoms with Crippen molar-refractivity contribution in [1.82, 2.24) is 15.5 Å². The molecule has 13 heavy (non-hydrogen) atoms. The van der Waals surface area contributed by atoms with Gasteiger partial charge in [0.05, 0.1) is 19.1 Å². The van der Waals surface area contributed by atoms with Crippen molar-refractivity contribution in [2.75, 3.05) is 19.8 Å². The lowest BCUT2D eigenvalue weighted by molar-refractivity contribution is 0.185. The van der Waals surface area contributed by atoms with Crippen molar-refractivity contribution in [3.05, 3.63) is 12.2 Å². The van der Waals surface area contributed by atoms with Crippen LogP contribution in [0.3, 0.4) is 0 Å². The Bertz CT molecular complexity index is 250. The molecule has 0 amide bonds. The summed E-state index contributed by atoms with van der Waals surface area (Å²) in [5.41, 5.74) is 0. The van der Waals surface area contributed by atoms with E-state index in [4.69, 9.17) is 9.26 Å². The standard InChI is InChI=1S/C8H13N3O2/c1-2-9-7-4-12-3-6(7)8-10-5-11-13-8/h5-7,9H,2-4H2,1H3. The highest BCUT2D eigenvalue weighted by Crippen LogP contribution is 2.23. The van der Waals surface area contributed by atoms with Crippen LogP contribution >= 0.6 is 0 Å². The second-order valence-electron chi connectivity index (χ2n) is 3.09. The minimum atomic E-state index is 0.211. The molecule has 1 saturated heterocycles. The molecule has 1 aliphatic heterocycles. The van der Waals surface area contributed by atoms with Crippen LogP contribution in [0.5, 0.6) is 0 Å². The molecule has 72 valence electrons. The molecule has 0 spiro atoms. The van der Waals surface area contributed by atoms with E-state index in [-0.39, 0.29) is 5.92 Å². The number of nitrogens with zero attached hydrogens (tertiary/aromatic N) is 2. The summed E-state index contributed by atoms with van der Waals surface area (Å²) in [5.74, 6) is 0.880. The third-order valence-electron chi connectivity index (χ3n) is 2.24. The van der Waals surface area contributed by atoms with Gasteiger partial charge in [0.2, 0.25) is 5.89 Å². The van der Waals surface area contributed by atoms with Gasteiger partial charge in [-0.05, 0) is 6.54 Å². The molecule has 1 fully saturated rings. The Kier molecular flexibility index (Phi) is 2.56. The highest BCUT2D eigenvalue weighted by Gasteiger charge is 2.32. The summed E-state index contributed by atoms with van der Waals surface area (Å²) in [5, 5.41) is 6.92. The van der Waals surface area contributed by atoms with Gasteiger partial charge >= 0.3 is 0 Å². The number of hydrogen-bond acceptors (Lipinski definition) is 5. The third-order valence-corrected chi connectivity index (χ3v) is 2.24. The molecule has 2 atom stereocenters. The molecule has 2 heterocycles. The van der Waals surface area contributed by atoms with Gasteiger partial charge in [0.15, 0.2) is 6.33 Å². The second kappa shape index (κ2) is 3.85. The quantitative estimate of drug-likeness (QED) is 0.723. The van der Waals surface area contributed by atoms with Gasteiger partial charge in [0.25, 0.3) is 0 Å². The van der Waals surface area contributed by atoms with E-state index in [0.717, 1.165) is 13.2 Å². The monoisotopic (exact) mass is 183 g/mol. The number of aromatic nitrogens is 2. The van der Waals surface area contributed by atoms with Crippen LogP contribution in [0, 0.1) is 0 Å². The van der Waals surface area contributed by atoms with Crippen LogP contribution < -0.4 is 5.32 Å². The maximum atomic E-state index is 5.36. The average Bonchev–Trinajstić information content (AvgIpc) is 2.71. The molecule has 2 rings (SSSR count). The van der Waals surface area contributed by atoms with Gasteiger partial charge in [-0.3, -0.25) is 0 Å². The number of rotatable bonds is 3. The van der Waals surface area contributed by atoms with E-state index >= 15 is 0 Å². The fourth-order valence-corrected chi connectivity index (χ4v) is 1.61. The number of hydrogen-bond donors (Lipinski definition) is 1. The Morgan fingerprint density at radius 3 is 3.23 bits per heavy atom. The summed E-state index contributed by atoms with van der Waals surface area (Å²) < 4.78 is 10.4. The molecule has 1 aliphatic rings. The lowest BCUT2D eigenvalue weighted by Crippen LogP contribution is -2.34. The number of likely N-dealkylation sites (N-methyl/N-ethyl adjacent to an activating group) is 1. The molecule has 5 nitrogen and oxygen atoms in total. The van der Waals surface area contributed by atoms with Crippen molar-refractivity contribution < 1.29 is 9.26 Å². The zero-order valence-corrected chi connectivity index (χ0v) is 7.56. The largest absolute Gasteiger partial charge is 0.379 e. The summed E-state index contributed by atoms with van der Waals surface area (Å²) in [6, 6.07) is 0.311. The first-order chi connectivity index (χ1) is 6.42. The Morgan fingerprint density at radius 2 is 2.54 bits per heavy atom. The van der Waals surface area contributed by atoms with E-state index in [9.17, 15) is 0 Å². The molecular weight excluding hydrogens is 170 g/mol. The molecule has 0 bridgehead atoms. The molecule has 1 aromatic heterocycles. The third kappa shape index (κ3) is 1.71. The first-order valence-corrected chi connectivity index (χ1v) is 4.49. The van der Waals surface area contributed by atoms with Gasteiger partial charge in [-0.2, -0.15) is 4.98 Å². The van der Waals surface area contributed by atoms with Crippen LogP contribution in [0.25, 0.3) is 0 Å². The topological polar surface area (TPSA) is 60.2 Å². The van der Waals surface area contributed by atoms with Crippen molar-refractivity contribution in [1.29, 1.82) is 0 Å². The Balaban J connectivity index is 2.05. The fourth-order valence-electron chi connectivity index (χ4n) is 1.61. The Labute approximate surface area is 76.5 Å². The highest BCUT2D eigenvalue weighted by molar-refractivity contribution is 4.99. The van der Waals surface area contributed by atoms with Gasteiger partial charge in [-0.25, -0.2) is 0 Å². The maximum absolute atomic E-state index is 5.36. The van der Waals surface area contributed by atoms with E-state index in [1.165, 1.54) is 6.33 Å². The van der Waals surface area contributed by atoms with E-state index < -0.39 is 0 Å². The van der Waals surface area contributed by atoms with Crippen LogP contribution in [0.1, 0.15) is 18.7 Å². The van der Waals surface area contributed by atoms with Gasteiger partial charge in [-0.1, -0.05) is 12.1 Å². The molecule has 1 N–H and O–H groups in total. The first-order valence-electron chi connectivity index (χ1n) is 4.49. The fraction of sp³-hybridized carbons (Fsp3) is 0.750. The average molecular weight is 183 g/mol. The van der Waals surface area contributed by atoms with Crippen molar-refractivity contribution >= 4 is 0 Å². The van der Waals surface area contributed by atoms with Crippen LogP contribution in [0.15, 0.2) is 10.9 Å². The number of ether oxygens (including phenoxy) is 1. The smallest absolute Gasteiger partial charge is 0.233 e. The molecule has 2 unspecified atom stereocenters. The zero-order chi connectivity index (χ0) is 9.10. The Morgan fingerprint density at radius 1 is 1.62 bits per heavy atom. The summed E-state index contributed by atoms with van der Waals surface area (Å²) in [7, 11) is 0. The number of nitrogens with one attached hydrogen (secondary N) is 1. The van der Waals surface area contributed by atoms with Gasteiger partial charge < -0.3 is 14.6 Å². The Hall–Kier alpha value is -0.940. The highest BCUT2D eigenvalue weighted by atomic mass is 16.5. The summed E-state index contributed by atoms with van der Waals surface area (Å²) in [6.07, 6.45) is 1.43. The normalized spacial score (nSPS) is 28.1. The van der Waals surface area contributed by atoms with Gasteiger partial charge in [0.1, 0.15) is 0 Å². The second-order valence-corrected chi connectivity index (χ2v) is 3.09. The molecule has 0 aliphatic carbocycles. The zero-order valence-electron chi connectivity index (χ0n) is 7.56. The van der Waals surface area contributed by atoms with Gasteiger partial charge in [-0.15, -0.1) is 0 Å². The minimum absolute atomic E-state index is 0.211. The maximum Gasteiger partial charge on any atom is 0.233 e. The van der Waals surface area contributed by atoms with Crippen LogP contribution in [0.4, 0.5) is 0 Å². The molecule has 0 radical (unpaired) electrons. The molecule has 1 aromatic rings. The van der Waals surface area contributed by atoms with Gasteiger partial charge in [0, 0.05) is 6.04 Å². The van der Waals surface area contributed by atoms with E-state index in [1.54, 1.807) is 0 Å². The van der Waals surface area contributed by atoms with E-state index in [1.807, 2.05) is 0 Å². The lowest BCUT2D eigenvalue weighted by Gasteiger charge is -2.13.